The number of H-pyrrole nitrogens is 2. The van der Waals surface area contributed by atoms with Crippen LogP contribution in [0.1, 0.15) is 32.2 Å². The average Bonchev–Trinajstić information content (AvgIpc) is 4.02. The Labute approximate surface area is 385 Å². The van der Waals surface area contributed by atoms with E-state index in [1.165, 1.54) is 24.8 Å². The number of benzene rings is 2. The SMILES string of the molecule is COc1cccc(OC[C@@H]2CN(C(=O)OC(C)(C)C)CCO2)c1-c1cc(Nc2cnc(C#N)cn2)n[nH]1.COc1cccc(OC[C@@H]2CNCCO2)c1-c1cc(Nc2cnc(C#N)cn2)n[nH]1. The molecule has 348 valence electrons. The van der Waals surface area contributed by atoms with E-state index in [-0.39, 0.29) is 36.3 Å². The summed E-state index contributed by atoms with van der Waals surface area (Å²) in [7, 11) is 3.19. The number of morpholine rings is 2. The van der Waals surface area contributed by atoms with E-state index in [2.05, 4.69) is 56.3 Å². The lowest BCUT2D eigenvalue weighted by Crippen LogP contribution is -2.49. The van der Waals surface area contributed by atoms with Gasteiger partial charge < -0.3 is 54.0 Å². The summed E-state index contributed by atoms with van der Waals surface area (Å²) >= 11 is 0. The number of nitrogens with one attached hydrogen (secondary N) is 5. The third kappa shape index (κ3) is 12.8. The van der Waals surface area contributed by atoms with Gasteiger partial charge in [0.15, 0.2) is 23.0 Å². The van der Waals surface area contributed by atoms with Crippen molar-refractivity contribution in [1.82, 2.24) is 50.5 Å². The standard InChI is InChI=1S/C25H29N7O5.C20H21N7O3/c1-25(2,3)37-24(33)32-8-9-35-17(14-32)15-36-20-7-5-6-19(34-4)23(20)18-10-21(31-30-18)29-22-13-27-16(11-26)12-28-22;1-28-16-3-2-4-17(30-12-14-10-22-5-6-29-14)20(16)15-7-18(27-26-15)25-19-11-23-13(8-21)9-24-19/h5-7,10,12-13,17H,8-9,14-15H2,1-4H3,(H2,28,29,30,31);2-4,7,9,11,14,22H,5-6,10,12H2,1H3,(H2,24,25,26,27)/t17-;14-/m00/s1. The van der Waals surface area contributed by atoms with Crippen LogP contribution < -0.4 is 34.9 Å². The molecule has 2 aromatic carbocycles. The highest BCUT2D eigenvalue weighted by atomic mass is 16.6. The Morgan fingerprint density at radius 2 is 1.27 bits per heavy atom. The first-order valence-corrected chi connectivity index (χ1v) is 21.1. The van der Waals surface area contributed by atoms with Crippen molar-refractivity contribution < 1.29 is 38.0 Å². The van der Waals surface area contributed by atoms with Gasteiger partial charge in [-0.1, -0.05) is 12.1 Å². The second kappa shape index (κ2) is 22.2. The number of aromatic nitrogens is 8. The summed E-state index contributed by atoms with van der Waals surface area (Å²) in [4.78, 5) is 30.4. The molecule has 2 aliphatic heterocycles. The minimum absolute atomic E-state index is 0.00764. The lowest BCUT2D eigenvalue weighted by atomic mass is 10.1. The van der Waals surface area contributed by atoms with Gasteiger partial charge in [-0.05, 0) is 45.0 Å². The summed E-state index contributed by atoms with van der Waals surface area (Å²) in [5.74, 6) is 4.43. The highest BCUT2D eigenvalue weighted by Crippen LogP contribution is 2.40. The van der Waals surface area contributed by atoms with E-state index >= 15 is 0 Å². The van der Waals surface area contributed by atoms with E-state index < -0.39 is 5.60 Å². The van der Waals surface area contributed by atoms with Crippen LogP contribution in [-0.4, -0.2) is 136 Å². The molecule has 0 bridgehead atoms. The number of carbonyl (C=O) groups excluding carboxylic acids is 1. The van der Waals surface area contributed by atoms with E-state index in [1.54, 1.807) is 25.2 Å². The van der Waals surface area contributed by atoms with Crippen LogP contribution in [-0.2, 0) is 14.2 Å². The third-order valence-electron chi connectivity index (χ3n) is 9.80. The zero-order valence-corrected chi connectivity index (χ0v) is 37.5. The van der Waals surface area contributed by atoms with E-state index in [9.17, 15) is 4.79 Å². The zero-order valence-electron chi connectivity index (χ0n) is 37.5. The molecule has 0 spiro atoms. The van der Waals surface area contributed by atoms with Gasteiger partial charge in [-0.25, -0.2) is 24.7 Å². The van der Waals surface area contributed by atoms with Crippen molar-refractivity contribution in [2.24, 2.45) is 0 Å². The summed E-state index contributed by atoms with van der Waals surface area (Å²) in [5, 5.41) is 41.7. The van der Waals surface area contributed by atoms with Gasteiger partial charge in [-0.2, -0.15) is 20.7 Å². The fourth-order valence-electron chi connectivity index (χ4n) is 6.73. The van der Waals surface area contributed by atoms with E-state index in [0.717, 1.165) is 18.7 Å². The highest BCUT2D eigenvalue weighted by Gasteiger charge is 2.29. The zero-order chi connectivity index (χ0) is 47.2. The van der Waals surface area contributed by atoms with Crippen LogP contribution in [0, 0.1) is 22.7 Å². The highest BCUT2D eigenvalue weighted by molar-refractivity contribution is 5.77. The first-order valence-electron chi connectivity index (χ1n) is 21.1. The molecule has 2 saturated heterocycles. The van der Waals surface area contributed by atoms with Gasteiger partial charge in [0.05, 0.1) is 81.3 Å². The predicted octanol–water partition coefficient (Wildman–Crippen LogP) is 5.36. The van der Waals surface area contributed by atoms with Crippen LogP contribution in [0.5, 0.6) is 23.0 Å². The van der Waals surface area contributed by atoms with Crippen LogP contribution >= 0.6 is 0 Å². The molecule has 0 saturated carbocycles. The summed E-state index contributed by atoms with van der Waals surface area (Å²) in [5.41, 5.74) is 2.70. The number of hydrogen-bond donors (Lipinski definition) is 5. The Balaban J connectivity index is 0.000000203. The minimum Gasteiger partial charge on any atom is -0.496 e. The second-order valence-electron chi connectivity index (χ2n) is 15.8. The van der Waals surface area contributed by atoms with Gasteiger partial charge in [0.2, 0.25) is 0 Å². The topological polar surface area (TPSA) is 278 Å². The van der Waals surface area contributed by atoms with E-state index in [1.807, 2.05) is 75.4 Å². The van der Waals surface area contributed by atoms with E-state index in [4.69, 9.17) is 43.7 Å². The van der Waals surface area contributed by atoms with Crippen molar-refractivity contribution in [3.8, 4) is 57.7 Å². The molecule has 0 unspecified atom stereocenters. The summed E-state index contributed by atoms with van der Waals surface area (Å²) in [6.45, 7) is 9.66. The number of aromatic amines is 2. The number of amides is 1. The number of carbonyl (C=O) groups is 1. The van der Waals surface area contributed by atoms with Crippen molar-refractivity contribution in [2.75, 3.05) is 77.5 Å². The first-order chi connectivity index (χ1) is 32.5. The molecule has 6 aromatic rings. The van der Waals surface area contributed by atoms with Crippen molar-refractivity contribution >= 4 is 29.4 Å². The maximum absolute atomic E-state index is 12.5. The molecule has 2 fully saturated rings. The smallest absolute Gasteiger partial charge is 0.410 e. The largest absolute Gasteiger partial charge is 0.496 e. The van der Waals surface area contributed by atoms with Gasteiger partial charge in [-0.15, -0.1) is 0 Å². The Hall–Kier alpha value is -8.05. The average molecular weight is 915 g/mol. The number of rotatable bonds is 14. The second-order valence-corrected chi connectivity index (χ2v) is 15.8. The number of methoxy groups -OCH3 is 2. The number of nitrogens with zero attached hydrogens (tertiary/aromatic N) is 9. The van der Waals surface area contributed by atoms with Crippen LogP contribution in [0.3, 0.4) is 0 Å². The van der Waals surface area contributed by atoms with Crippen LogP contribution in [0.4, 0.5) is 28.1 Å². The Morgan fingerprint density at radius 3 is 1.73 bits per heavy atom. The molecule has 2 atom stereocenters. The molecule has 6 heterocycles. The van der Waals surface area contributed by atoms with E-state index in [0.29, 0.717) is 96.1 Å². The van der Waals surface area contributed by atoms with Crippen LogP contribution in [0.2, 0.25) is 0 Å². The van der Waals surface area contributed by atoms with Crippen LogP contribution in [0.25, 0.3) is 22.5 Å². The molecule has 5 N–H and O–H groups in total. The molecule has 67 heavy (non-hydrogen) atoms. The molecule has 2 aliphatic rings. The van der Waals surface area contributed by atoms with Gasteiger partial charge in [0.25, 0.3) is 0 Å². The fourth-order valence-corrected chi connectivity index (χ4v) is 6.73. The Morgan fingerprint density at radius 1 is 0.746 bits per heavy atom. The number of anilines is 4. The Kier molecular flexibility index (Phi) is 15.6. The Bertz CT molecular complexity index is 2650. The fraction of sp³-hybridized carbons (Fsp3) is 0.356. The third-order valence-corrected chi connectivity index (χ3v) is 9.80. The minimum atomic E-state index is -0.568. The van der Waals surface area contributed by atoms with Gasteiger partial charge in [0.1, 0.15) is 77.8 Å². The summed E-state index contributed by atoms with van der Waals surface area (Å²) in [6.07, 6.45) is 5.00. The molecule has 0 aliphatic carbocycles. The first kappa shape index (κ1) is 46.9. The molecular formula is C45H50N14O8. The predicted molar refractivity (Wildman–Crippen MR) is 242 cm³/mol. The van der Waals surface area contributed by atoms with Crippen molar-refractivity contribution in [3.63, 3.8) is 0 Å². The summed E-state index contributed by atoms with van der Waals surface area (Å²) in [6, 6.07) is 18.6. The maximum atomic E-state index is 12.5. The van der Waals surface area contributed by atoms with Crippen molar-refractivity contribution in [3.05, 3.63) is 84.7 Å². The molecule has 22 nitrogen and oxygen atoms in total. The molecule has 0 radical (unpaired) electrons. The molecule has 4 aromatic heterocycles. The van der Waals surface area contributed by atoms with Gasteiger partial charge in [0, 0.05) is 31.8 Å². The molecule has 8 rings (SSSR count). The van der Waals surface area contributed by atoms with Crippen molar-refractivity contribution in [1.29, 1.82) is 10.5 Å². The van der Waals surface area contributed by atoms with Gasteiger partial charge >= 0.3 is 6.09 Å². The molecular weight excluding hydrogens is 865 g/mol. The van der Waals surface area contributed by atoms with Crippen LogP contribution in [0.15, 0.2) is 73.3 Å². The monoisotopic (exact) mass is 914 g/mol. The maximum Gasteiger partial charge on any atom is 0.410 e. The quantitative estimate of drug-likeness (QED) is 0.0919. The van der Waals surface area contributed by atoms with Crippen molar-refractivity contribution in [2.45, 2.75) is 38.6 Å². The number of ether oxygens (including phenoxy) is 7. The summed E-state index contributed by atoms with van der Waals surface area (Å²) < 4.78 is 40.4. The lowest BCUT2D eigenvalue weighted by Gasteiger charge is -2.34. The van der Waals surface area contributed by atoms with Gasteiger partial charge in [-0.3, -0.25) is 10.2 Å². The lowest BCUT2D eigenvalue weighted by molar-refractivity contribution is -0.0556. The molecule has 1 amide bonds. The molecule has 22 heteroatoms. The number of nitriles is 2. The number of hydrogen-bond acceptors (Lipinski definition) is 19. The normalized spacial score (nSPS) is 15.7.